The van der Waals surface area contributed by atoms with Gasteiger partial charge < -0.3 is 10.4 Å². The van der Waals surface area contributed by atoms with Crippen molar-refractivity contribution in [3.63, 3.8) is 0 Å². The number of carboxylic acids is 1. The Hall–Kier alpha value is -3.23. The molecular weight excluding hydrogens is 314 g/mol. The van der Waals surface area contributed by atoms with Crippen LogP contribution in [0.25, 0.3) is 0 Å². The second kappa shape index (κ2) is 6.49. The maximum absolute atomic E-state index is 12.3. The Bertz CT molecular complexity index is 757. The molecule has 0 radical (unpaired) electrons. The largest absolute Gasteiger partial charge is 0.481 e. The quantitative estimate of drug-likeness (QED) is 0.750. The summed E-state index contributed by atoms with van der Waals surface area (Å²) in [5, 5.41) is 15.2. The highest BCUT2D eigenvalue weighted by molar-refractivity contribution is 6.21. The first-order valence-electron chi connectivity index (χ1n) is 7.32. The van der Waals surface area contributed by atoms with E-state index in [0.29, 0.717) is 12.2 Å². The first-order valence-corrected chi connectivity index (χ1v) is 7.32. The minimum Gasteiger partial charge on any atom is -0.481 e. The van der Waals surface area contributed by atoms with Gasteiger partial charge in [0.05, 0.1) is 12.2 Å². The van der Waals surface area contributed by atoms with Gasteiger partial charge in [-0.2, -0.15) is 5.10 Å². The van der Waals surface area contributed by atoms with Crippen molar-refractivity contribution in [2.75, 3.05) is 4.90 Å². The Morgan fingerprint density at radius 3 is 2.62 bits per heavy atom. The summed E-state index contributed by atoms with van der Waals surface area (Å²) >= 11 is 0. The number of hydrogen-bond donors (Lipinski definition) is 2. The Balaban J connectivity index is 1.70. The molecule has 0 spiro atoms. The SMILES string of the molecule is O=C(O)CC[C@@H]1NC(=O)N(c2ccc(Cn3cncn3)cc2)C1=O. The topological polar surface area (TPSA) is 117 Å². The molecule has 1 saturated heterocycles. The molecule has 2 heterocycles. The molecule has 1 aromatic heterocycles. The smallest absolute Gasteiger partial charge is 0.329 e. The molecule has 0 aliphatic carbocycles. The van der Waals surface area contributed by atoms with E-state index in [1.165, 1.54) is 6.33 Å². The predicted molar refractivity (Wildman–Crippen MR) is 82.2 cm³/mol. The average molecular weight is 329 g/mol. The molecule has 1 atom stereocenters. The summed E-state index contributed by atoms with van der Waals surface area (Å²) < 4.78 is 1.66. The van der Waals surface area contributed by atoms with Crippen LogP contribution in [0.15, 0.2) is 36.9 Å². The molecule has 3 amide bonds. The Kier molecular flexibility index (Phi) is 4.23. The minimum absolute atomic E-state index is 0.0702. The van der Waals surface area contributed by atoms with Crippen LogP contribution in [-0.4, -0.2) is 43.8 Å². The number of nitrogens with one attached hydrogen (secondary N) is 1. The molecule has 2 N–H and O–H groups in total. The molecule has 0 bridgehead atoms. The molecule has 2 aromatic rings. The molecule has 1 aliphatic heterocycles. The lowest BCUT2D eigenvalue weighted by molar-refractivity contribution is -0.137. The summed E-state index contributed by atoms with van der Waals surface area (Å²) in [6.45, 7) is 0.529. The second-order valence-electron chi connectivity index (χ2n) is 5.37. The van der Waals surface area contributed by atoms with Crippen molar-refractivity contribution in [3.05, 3.63) is 42.5 Å². The van der Waals surface area contributed by atoms with E-state index in [-0.39, 0.29) is 12.8 Å². The standard InChI is InChI=1S/C15H15N5O4/c21-13(22)6-5-12-14(23)20(15(24)18-12)11-3-1-10(2-4-11)7-19-9-16-8-17-19/h1-4,8-9,12H,5-7H2,(H,18,24)(H,21,22)/t12-/m0/s1. The lowest BCUT2D eigenvalue weighted by Crippen LogP contribution is -2.31. The lowest BCUT2D eigenvalue weighted by Gasteiger charge is -2.13. The summed E-state index contributed by atoms with van der Waals surface area (Å²) in [6, 6.07) is 5.58. The van der Waals surface area contributed by atoms with Gasteiger partial charge in [-0.3, -0.25) is 9.59 Å². The number of anilines is 1. The van der Waals surface area contributed by atoms with E-state index in [2.05, 4.69) is 15.4 Å². The van der Waals surface area contributed by atoms with E-state index in [0.717, 1.165) is 10.5 Å². The van der Waals surface area contributed by atoms with Crippen molar-refractivity contribution in [1.29, 1.82) is 0 Å². The molecule has 9 nitrogen and oxygen atoms in total. The third-order valence-corrected chi connectivity index (χ3v) is 3.67. The predicted octanol–water partition coefficient (Wildman–Crippen LogP) is 0.616. The normalized spacial score (nSPS) is 17.2. The van der Waals surface area contributed by atoms with Gasteiger partial charge in [0, 0.05) is 6.42 Å². The molecule has 3 rings (SSSR count). The van der Waals surface area contributed by atoms with Crippen LogP contribution < -0.4 is 10.2 Å². The van der Waals surface area contributed by atoms with Crippen molar-refractivity contribution in [1.82, 2.24) is 20.1 Å². The number of carbonyl (C=O) groups is 3. The number of imide groups is 1. The average Bonchev–Trinajstić information content (AvgIpc) is 3.15. The Labute approximate surface area is 136 Å². The van der Waals surface area contributed by atoms with Gasteiger partial charge >= 0.3 is 12.0 Å². The van der Waals surface area contributed by atoms with Crippen molar-refractivity contribution >= 4 is 23.6 Å². The van der Waals surface area contributed by atoms with E-state index in [9.17, 15) is 14.4 Å². The van der Waals surface area contributed by atoms with Crippen molar-refractivity contribution in [3.8, 4) is 0 Å². The van der Waals surface area contributed by atoms with Gasteiger partial charge in [-0.25, -0.2) is 19.4 Å². The van der Waals surface area contributed by atoms with E-state index >= 15 is 0 Å². The highest BCUT2D eigenvalue weighted by Gasteiger charge is 2.38. The molecule has 9 heteroatoms. The van der Waals surface area contributed by atoms with Crippen LogP contribution in [0.5, 0.6) is 0 Å². The van der Waals surface area contributed by atoms with Gasteiger partial charge in [-0.1, -0.05) is 12.1 Å². The molecule has 1 fully saturated rings. The molecule has 24 heavy (non-hydrogen) atoms. The third-order valence-electron chi connectivity index (χ3n) is 3.67. The van der Waals surface area contributed by atoms with Crippen LogP contribution in [0.2, 0.25) is 0 Å². The Morgan fingerprint density at radius 2 is 2.00 bits per heavy atom. The summed E-state index contributed by atoms with van der Waals surface area (Å²) in [5.74, 6) is -1.45. The highest BCUT2D eigenvalue weighted by Crippen LogP contribution is 2.22. The second-order valence-corrected chi connectivity index (χ2v) is 5.37. The number of carboxylic acid groups (broad SMARTS) is 1. The molecule has 1 aliphatic rings. The number of aromatic nitrogens is 3. The maximum Gasteiger partial charge on any atom is 0.329 e. The van der Waals surface area contributed by atoms with Gasteiger partial charge in [-0.05, 0) is 24.1 Å². The highest BCUT2D eigenvalue weighted by atomic mass is 16.4. The van der Waals surface area contributed by atoms with E-state index in [1.54, 1.807) is 35.3 Å². The number of urea groups is 1. The number of aliphatic carboxylic acids is 1. The van der Waals surface area contributed by atoms with Crippen LogP contribution in [0.3, 0.4) is 0 Å². The lowest BCUT2D eigenvalue weighted by atomic mass is 10.1. The van der Waals surface area contributed by atoms with Crippen LogP contribution in [-0.2, 0) is 16.1 Å². The minimum atomic E-state index is -1.01. The van der Waals surface area contributed by atoms with Gasteiger partial charge in [-0.15, -0.1) is 0 Å². The van der Waals surface area contributed by atoms with Crippen molar-refractivity contribution in [2.24, 2.45) is 0 Å². The summed E-state index contributed by atoms with van der Waals surface area (Å²) in [5.41, 5.74) is 1.39. The van der Waals surface area contributed by atoms with Crippen LogP contribution in [0, 0.1) is 0 Å². The maximum atomic E-state index is 12.3. The van der Waals surface area contributed by atoms with E-state index in [1.807, 2.05) is 0 Å². The number of carbonyl (C=O) groups excluding carboxylic acids is 2. The first kappa shape index (κ1) is 15.7. The summed E-state index contributed by atoms with van der Waals surface area (Å²) in [7, 11) is 0. The molecule has 124 valence electrons. The Morgan fingerprint density at radius 1 is 1.25 bits per heavy atom. The monoisotopic (exact) mass is 329 g/mol. The van der Waals surface area contributed by atoms with Gasteiger partial charge in [0.15, 0.2) is 0 Å². The van der Waals surface area contributed by atoms with Gasteiger partial charge in [0.1, 0.15) is 18.7 Å². The molecule has 0 saturated carbocycles. The number of rotatable bonds is 6. The fraction of sp³-hybridized carbons (Fsp3) is 0.267. The zero-order valence-electron chi connectivity index (χ0n) is 12.6. The summed E-state index contributed by atoms with van der Waals surface area (Å²) in [4.78, 5) is 39.8. The van der Waals surface area contributed by atoms with Crippen LogP contribution in [0.1, 0.15) is 18.4 Å². The van der Waals surface area contributed by atoms with Crippen LogP contribution in [0.4, 0.5) is 10.5 Å². The molecule has 0 unspecified atom stereocenters. The zero-order chi connectivity index (χ0) is 17.1. The number of amides is 3. The van der Waals surface area contributed by atoms with Gasteiger partial charge in [0.25, 0.3) is 5.91 Å². The van der Waals surface area contributed by atoms with E-state index < -0.39 is 23.9 Å². The summed E-state index contributed by atoms with van der Waals surface area (Å²) in [6.07, 6.45) is 2.93. The first-order chi connectivity index (χ1) is 11.5. The number of nitrogens with zero attached hydrogens (tertiary/aromatic N) is 4. The van der Waals surface area contributed by atoms with E-state index in [4.69, 9.17) is 5.11 Å². The van der Waals surface area contributed by atoms with Crippen molar-refractivity contribution in [2.45, 2.75) is 25.4 Å². The number of hydrogen-bond acceptors (Lipinski definition) is 5. The number of benzene rings is 1. The van der Waals surface area contributed by atoms with Crippen molar-refractivity contribution < 1.29 is 19.5 Å². The van der Waals surface area contributed by atoms with Gasteiger partial charge in [0.2, 0.25) is 0 Å². The molecular formula is C15H15N5O4. The fourth-order valence-electron chi connectivity index (χ4n) is 2.49. The molecule has 1 aromatic carbocycles. The zero-order valence-corrected chi connectivity index (χ0v) is 12.6. The van der Waals surface area contributed by atoms with Crippen LogP contribution >= 0.6 is 0 Å². The fourth-order valence-corrected chi connectivity index (χ4v) is 2.49. The third kappa shape index (κ3) is 3.24.